The molecule has 6 nitrogen and oxygen atoms in total. The van der Waals surface area contributed by atoms with Gasteiger partial charge in [-0.25, -0.2) is 0 Å². The molecular formula is C19H29IN6. The SMILES string of the molecule is CCC1CN(C(=NC)NCc2nncn2C)CCC1c1ccccc1.I. The predicted octanol–water partition coefficient (Wildman–Crippen LogP) is 3.02. The molecule has 1 aliphatic rings. The number of likely N-dealkylation sites (tertiary alicyclic amines) is 1. The number of piperidine rings is 1. The molecule has 0 amide bonds. The molecule has 0 radical (unpaired) electrons. The number of hydrogen-bond acceptors (Lipinski definition) is 3. The molecule has 0 spiro atoms. The summed E-state index contributed by atoms with van der Waals surface area (Å²) in [5.74, 6) is 3.14. The van der Waals surface area contributed by atoms with E-state index >= 15 is 0 Å². The van der Waals surface area contributed by atoms with Crippen LogP contribution in [-0.2, 0) is 13.6 Å². The van der Waals surface area contributed by atoms with Crippen LogP contribution in [0.5, 0.6) is 0 Å². The van der Waals surface area contributed by atoms with E-state index in [0.29, 0.717) is 18.4 Å². The minimum absolute atomic E-state index is 0. The topological polar surface area (TPSA) is 58.3 Å². The lowest BCUT2D eigenvalue weighted by Crippen LogP contribution is -2.48. The van der Waals surface area contributed by atoms with Gasteiger partial charge in [0.2, 0.25) is 0 Å². The monoisotopic (exact) mass is 468 g/mol. The van der Waals surface area contributed by atoms with Crippen LogP contribution in [0.2, 0.25) is 0 Å². The van der Waals surface area contributed by atoms with Crippen LogP contribution >= 0.6 is 24.0 Å². The summed E-state index contributed by atoms with van der Waals surface area (Å²) in [7, 11) is 3.81. The summed E-state index contributed by atoms with van der Waals surface area (Å²) in [5.41, 5.74) is 1.47. The fourth-order valence-corrected chi connectivity index (χ4v) is 3.73. The van der Waals surface area contributed by atoms with Crippen molar-refractivity contribution in [1.29, 1.82) is 0 Å². The van der Waals surface area contributed by atoms with Crippen LogP contribution in [0, 0.1) is 5.92 Å². The third kappa shape index (κ3) is 4.75. The average molecular weight is 468 g/mol. The van der Waals surface area contributed by atoms with Gasteiger partial charge in [-0.2, -0.15) is 0 Å². The van der Waals surface area contributed by atoms with Gasteiger partial charge in [0.25, 0.3) is 0 Å². The second kappa shape index (κ2) is 9.89. The van der Waals surface area contributed by atoms with Crippen molar-refractivity contribution in [3.63, 3.8) is 0 Å². The molecule has 142 valence electrons. The molecule has 1 saturated heterocycles. The number of aromatic nitrogens is 3. The fraction of sp³-hybridized carbons (Fsp3) is 0.526. The van der Waals surface area contributed by atoms with Gasteiger partial charge in [-0.15, -0.1) is 34.2 Å². The van der Waals surface area contributed by atoms with Crippen LogP contribution < -0.4 is 5.32 Å². The van der Waals surface area contributed by atoms with E-state index in [4.69, 9.17) is 0 Å². The second-order valence-electron chi connectivity index (χ2n) is 6.68. The van der Waals surface area contributed by atoms with Crippen molar-refractivity contribution in [2.24, 2.45) is 18.0 Å². The number of aryl methyl sites for hydroxylation is 1. The number of aliphatic imine (C=N–C) groups is 1. The summed E-state index contributed by atoms with van der Waals surface area (Å²) in [6, 6.07) is 10.9. The van der Waals surface area contributed by atoms with Gasteiger partial charge in [0.15, 0.2) is 11.8 Å². The largest absolute Gasteiger partial charge is 0.349 e. The smallest absolute Gasteiger partial charge is 0.194 e. The molecule has 1 aliphatic heterocycles. The molecule has 2 unspecified atom stereocenters. The maximum Gasteiger partial charge on any atom is 0.194 e. The Kier molecular flexibility index (Phi) is 7.86. The predicted molar refractivity (Wildman–Crippen MR) is 116 cm³/mol. The van der Waals surface area contributed by atoms with Crippen LogP contribution in [0.25, 0.3) is 0 Å². The number of guanidine groups is 1. The lowest BCUT2D eigenvalue weighted by molar-refractivity contribution is 0.215. The zero-order valence-corrected chi connectivity index (χ0v) is 18.1. The molecule has 0 bridgehead atoms. The first kappa shape index (κ1) is 20.7. The van der Waals surface area contributed by atoms with Crippen LogP contribution in [0.3, 0.4) is 0 Å². The number of benzene rings is 1. The lowest BCUT2D eigenvalue weighted by atomic mass is 9.79. The zero-order valence-electron chi connectivity index (χ0n) is 15.8. The molecule has 1 aromatic carbocycles. The van der Waals surface area contributed by atoms with Crippen molar-refractivity contribution in [2.45, 2.75) is 32.2 Å². The molecule has 3 rings (SSSR count). The van der Waals surface area contributed by atoms with Gasteiger partial charge in [-0.05, 0) is 23.8 Å². The number of halogens is 1. The Morgan fingerprint density at radius 1 is 1.31 bits per heavy atom. The summed E-state index contributed by atoms with van der Waals surface area (Å²) in [6.07, 6.45) is 4.06. The van der Waals surface area contributed by atoms with E-state index in [1.165, 1.54) is 12.0 Å². The van der Waals surface area contributed by atoms with E-state index in [2.05, 4.69) is 62.7 Å². The minimum Gasteiger partial charge on any atom is -0.349 e. The first-order valence-corrected chi connectivity index (χ1v) is 9.06. The van der Waals surface area contributed by atoms with Gasteiger partial charge in [-0.3, -0.25) is 4.99 Å². The molecule has 7 heteroatoms. The Morgan fingerprint density at radius 2 is 2.08 bits per heavy atom. The van der Waals surface area contributed by atoms with Crippen molar-refractivity contribution < 1.29 is 0 Å². The van der Waals surface area contributed by atoms with Crippen LogP contribution in [0.1, 0.15) is 37.1 Å². The van der Waals surface area contributed by atoms with Crippen molar-refractivity contribution in [2.75, 3.05) is 20.1 Å². The van der Waals surface area contributed by atoms with E-state index in [-0.39, 0.29) is 24.0 Å². The molecule has 0 saturated carbocycles. The molecule has 26 heavy (non-hydrogen) atoms. The van der Waals surface area contributed by atoms with E-state index in [1.54, 1.807) is 6.33 Å². The highest BCUT2D eigenvalue weighted by Gasteiger charge is 2.30. The highest BCUT2D eigenvalue weighted by molar-refractivity contribution is 14.0. The van der Waals surface area contributed by atoms with Gasteiger partial charge >= 0.3 is 0 Å². The highest BCUT2D eigenvalue weighted by atomic mass is 127. The van der Waals surface area contributed by atoms with Crippen molar-refractivity contribution in [3.05, 3.63) is 48.0 Å². The van der Waals surface area contributed by atoms with Gasteiger partial charge in [0, 0.05) is 27.2 Å². The maximum atomic E-state index is 4.48. The van der Waals surface area contributed by atoms with E-state index in [1.807, 2.05) is 18.7 Å². The van der Waals surface area contributed by atoms with Crippen molar-refractivity contribution in [3.8, 4) is 0 Å². The van der Waals surface area contributed by atoms with Gasteiger partial charge in [0.1, 0.15) is 6.33 Å². The Balaban J connectivity index is 0.00000243. The minimum atomic E-state index is 0. The zero-order chi connectivity index (χ0) is 17.6. The highest BCUT2D eigenvalue weighted by Crippen LogP contribution is 2.34. The van der Waals surface area contributed by atoms with Crippen LogP contribution in [0.15, 0.2) is 41.7 Å². The number of hydrogen-bond donors (Lipinski definition) is 1. The normalized spacial score (nSPS) is 20.6. The van der Waals surface area contributed by atoms with Gasteiger partial charge in [0.05, 0.1) is 6.54 Å². The molecule has 1 N–H and O–H groups in total. The number of nitrogens with zero attached hydrogens (tertiary/aromatic N) is 5. The summed E-state index contributed by atoms with van der Waals surface area (Å²) >= 11 is 0. The van der Waals surface area contributed by atoms with E-state index < -0.39 is 0 Å². The molecular weight excluding hydrogens is 439 g/mol. The summed E-state index contributed by atoms with van der Waals surface area (Å²) in [4.78, 5) is 6.86. The maximum absolute atomic E-state index is 4.48. The standard InChI is InChI=1S/C19H28N6.HI/c1-4-15-13-25(11-10-17(15)16-8-6-5-7-9-16)19(20-2)21-12-18-23-22-14-24(18)3;/h5-9,14-15,17H,4,10-13H2,1-3H3,(H,20,21);1H. The third-order valence-corrected chi connectivity index (χ3v) is 5.21. The van der Waals surface area contributed by atoms with Crippen molar-refractivity contribution >= 4 is 29.9 Å². The molecule has 0 aliphatic carbocycles. The first-order chi connectivity index (χ1) is 12.2. The Morgan fingerprint density at radius 3 is 2.69 bits per heavy atom. The van der Waals surface area contributed by atoms with Crippen LogP contribution in [0.4, 0.5) is 0 Å². The molecule has 1 fully saturated rings. The quantitative estimate of drug-likeness (QED) is 0.426. The molecule has 2 atom stereocenters. The van der Waals surface area contributed by atoms with E-state index in [9.17, 15) is 0 Å². The summed E-state index contributed by atoms with van der Waals surface area (Å²) in [5, 5.41) is 11.5. The number of rotatable bonds is 4. The summed E-state index contributed by atoms with van der Waals surface area (Å²) < 4.78 is 1.93. The third-order valence-electron chi connectivity index (χ3n) is 5.21. The average Bonchev–Trinajstić information content (AvgIpc) is 3.07. The first-order valence-electron chi connectivity index (χ1n) is 9.06. The fourth-order valence-electron chi connectivity index (χ4n) is 3.73. The molecule has 2 heterocycles. The Bertz CT molecular complexity index is 699. The molecule has 2 aromatic rings. The summed E-state index contributed by atoms with van der Waals surface area (Å²) in [6.45, 7) is 4.99. The Labute approximate surface area is 173 Å². The van der Waals surface area contributed by atoms with Gasteiger partial charge in [-0.1, -0.05) is 43.7 Å². The Hall–Kier alpha value is -1.64. The van der Waals surface area contributed by atoms with E-state index in [0.717, 1.165) is 31.3 Å². The lowest BCUT2D eigenvalue weighted by Gasteiger charge is -2.40. The van der Waals surface area contributed by atoms with Crippen molar-refractivity contribution in [1.82, 2.24) is 25.0 Å². The van der Waals surface area contributed by atoms with Gasteiger partial charge < -0.3 is 14.8 Å². The van der Waals surface area contributed by atoms with Crippen LogP contribution in [-0.4, -0.2) is 45.8 Å². The second-order valence-corrected chi connectivity index (χ2v) is 6.68. The number of nitrogens with one attached hydrogen (secondary N) is 1. The molecule has 1 aromatic heterocycles.